The lowest BCUT2D eigenvalue weighted by Crippen LogP contribution is -2.36. The third kappa shape index (κ3) is 5.06. The number of thiazole rings is 1. The van der Waals surface area contributed by atoms with Gasteiger partial charge in [0, 0.05) is 17.5 Å². The van der Waals surface area contributed by atoms with E-state index in [0.29, 0.717) is 12.2 Å². The van der Waals surface area contributed by atoms with Gasteiger partial charge >= 0.3 is 6.03 Å². The van der Waals surface area contributed by atoms with Crippen LogP contribution < -0.4 is 16.0 Å². The number of rotatable bonds is 5. The predicted molar refractivity (Wildman–Crippen MR) is 96.1 cm³/mol. The highest BCUT2D eigenvalue weighted by Crippen LogP contribution is 2.18. The smallest absolute Gasteiger partial charge is 0.315 e. The zero-order valence-corrected chi connectivity index (χ0v) is 15.1. The van der Waals surface area contributed by atoms with Crippen molar-refractivity contribution in [3.8, 4) is 0 Å². The molecule has 3 N–H and O–H groups in total. The number of carbonyl (C=O) groups is 2. The van der Waals surface area contributed by atoms with Crippen LogP contribution in [0.1, 0.15) is 41.0 Å². The minimum Gasteiger partial charge on any atom is -0.332 e. The second-order valence-corrected chi connectivity index (χ2v) is 6.89. The molecule has 0 aliphatic rings. The molecule has 1 aromatic carbocycles. The van der Waals surface area contributed by atoms with Crippen LogP contribution in [0.3, 0.4) is 0 Å². The number of anilines is 1. The Labute approximate surface area is 145 Å². The second kappa shape index (κ2) is 7.92. The highest BCUT2D eigenvalue weighted by molar-refractivity contribution is 7.11. The molecule has 2 aromatic rings. The average molecular weight is 346 g/mol. The minimum absolute atomic E-state index is 0.125. The summed E-state index contributed by atoms with van der Waals surface area (Å²) in [4.78, 5) is 28.7. The first kappa shape index (κ1) is 17.9. The monoisotopic (exact) mass is 346 g/mol. The number of aryl methyl sites for hydroxylation is 2. The summed E-state index contributed by atoms with van der Waals surface area (Å²) >= 11 is 1.59. The van der Waals surface area contributed by atoms with E-state index in [1.807, 2.05) is 45.0 Å². The van der Waals surface area contributed by atoms with Gasteiger partial charge < -0.3 is 16.0 Å². The predicted octanol–water partition coefficient (Wildman–Crippen LogP) is 3.28. The van der Waals surface area contributed by atoms with Gasteiger partial charge in [0.1, 0.15) is 5.01 Å². The number of hydrogen-bond donors (Lipinski definition) is 3. The van der Waals surface area contributed by atoms with Crippen LogP contribution in [-0.4, -0.2) is 16.9 Å². The Hall–Kier alpha value is -2.41. The maximum Gasteiger partial charge on any atom is 0.315 e. The van der Waals surface area contributed by atoms with Gasteiger partial charge in [-0.2, -0.15) is 0 Å². The molecule has 0 bridgehead atoms. The number of nitrogens with zero attached hydrogens (tertiary/aromatic N) is 1. The fraction of sp³-hybridized carbons (Fsp3) is 0.353. The highest BCUT2D eigenvalue weighted by atomic mass is 32.1. The topological polar surface area (TPSA) is 83.1 Å². The summed E-state index contributed by atoms with van der Waals surface area (Å²) in [6.45, 7) is 7.73. The van der Waals surface area contributed by atoms with Gasteiger partial charge in [0.25, 0.3) is 0 Å². The van der Waals surface area contributed by atoms with E-state index in [2.05, 4.69) is 20.9 Å². The molecule has 1 aromatic heterocycles. The van der Waals surface area contributed by atoms with Gasteiger partial charge in [-0.15, -0.1) is 11.3 Å². The molecule has 0 radical (unpaired) electrons. The first-order valence-corrected chi connectivity index (χ1v) is 8.51. The van der Waals surface area contributed by atoms with Crippen LogP contribution in [0.2, 0.25) is 0 Å². The van der Waals surface area contributed by atoms with Crippen LogP contribution >= 0.6 is 11.3 Å². The molecule has 128 valence electrons. The van der Waals surface area contributed by atoms with Crippen molar-refractivity contribution in [1.29, 1.82) is 0 Å². The molecule has 0 fully saturated rings. The molecule has 6 nitrogen and oxygen atoms in total. The summed E-state index contributed by atoms with van der Waals surface area (Å²) in [7, 11) is 0. The van der Waals surface area contributed by atoms with Crippen molar-refractivity contribution in [3.63, 3.8) is 0 Å². The molecule has 7 heteroatoms. The molecule has 0 spiro atoms. The van der Waals surface area contributed by atoms with Crippen molar-refractivity contribution in [3.05, 3.63) is 45.4 Å². The van der Waals surface area contributed by atoms with E-state index >= 15 is 0 Å². The molecule has 0 aliphatic carbocycles. The Morgan fingerprint density at radius 2 is 2.04 bits per heavy atom. The third-order valence-corrected chi connectivity index (χ3v) is 4.60. The van der Waals surface area contributed by atoms with Crippen molar-refractivity contribution in [2.75, 3.05) is 5.32 Å². The van der Waals surface area contributed by atoms with Gasteiger partial charge in [0.2, 0.25) is 5.91 Å². The lowest BCUT2D eigenvalue weighted by molar-refractivity contribution is -0.114. The minimum atomic E-state index is -0.252. The molecule has 0 saturated carbocycles. The van der Waals surface area contributed by atoms with Gasteiger partial charge in [-0.25, -0.2) is 9.78 Å². The zero-order valence-electron chi connectivity index (χ0n) is 14.3. The number of urea groups is 1. The maximum atomic E-state index is 12.0. The lowest BCUT2D eigenvalue weighted by Gasteiger charge is -2.16. The molecule has 1 atom stereocenters. The van der Waals surface area contributed by atoms with Crippen LogP contribution in [0, 0.1) is 13.8 Å². The number of benzene rings is 1. The number of amides is 3. The first-order chi connectivity index (χ1) is 11.3. The first-order valence-electron chi connectivity index (χ1n) is 7.70. The number of nitrogens with one attached hydrogen (secondary N) is 3. The average Bonchev–Trinajstić information content (AvgIpc) is 2.83. The molecule has 1 heterocycles. The molecule has 0 saturated heterocycles. The maximum absolute atomic E-state index is 12.0. The fourth-order valence-corrected chi connectivity index (χ4v) is 3.06. The molecule has 0 unspecified atom stereocenters. The molecule has 24 heavy (non-hydrogen) atoms. The van der Waals surface area contributed by atoms with Crippen LogP contribution in [0.15, 0.2) is 24.3 Å². The van der Waals surface area contributed by atoms with Crippen molar-refractivity contribution in [2.45, 2.75) is 40.3 Å². The van der Waals surface area contributed by atoms with Crippen LogP contribution in [-0.2, 0) is 11.3 Å². The van der Waals surface area contributed by atoms with Crippen molar-refractivity contribution >= 4 is 29.0 Å². The molecular formula is C17H22N4O2S. The Morgan fingerprint density at radius 3 is 2.67 bits per heavy atom. The van der Waals surface area contributed by atoms with E-state index in [0.717, 1.165) is 21.1 Å². The number of carbonyl (C=O) groups excluding carboxylic acids is 2. The van der Waals surface area contributed by atoms with Gasteiger partial charge in [0.05, 0.1) is 18.3 Å². The normalized spacial score (nSPS) is 11.7. The van der Waals surface area contributed by atoms with Crippen LogP contribution in [0.4, 0.5) is 10.5 Å². The van der Waals surface area contributed by atoms with Gasteiger partial charge in [-0.05, 0) is 38.5 Å². The lowest BCUT2D eigenvalue weighted by atomic mass is 10.1. The van der Waals surface area contributed by atoms with Crippen molar-refractivity contribution in [1.82, 2.24) is 15.6 Å². The second-order valence-electron chi connectivity index (χ2n) is 5.60. The van der Waals surface area contributed by atoms with E-state index in [-0.39, 0.29) is 18.0 Å². The van der Waals surface area contributed by atoms with E-state index in [9.17, 15) is 9.59 Å². The van der Waals surface area contributed by atoms with Crippen LogP contribution in [0.5, 0.6) is 0 Å². The van der Waals surface area contributed by atoms with E-state index in [1.165, 1.54) is 6.92 Å². The summed E-state index contributed by atoms with van der Waals surface area (Å²) in [5.41, 5.74) is 2.63. The Bertz CT molecular complexity index is 722. The Kier molecular flexibility index (Phi) is 5.92. The van der Waals surface area contributed by atoms with Crippen molar-refractivity contribution < 1.29 is 9.59 Å². The summed E-state index contributed by atoms with van der Waals surface area (Å²) in [5, 5.41) is 9.32. The van der Waals surface area contributed by atoms with Crippen molar-refractivity contribution in [2.24, 2.45) is 0 Å². The number of aromatic nitrogens is 1. The number of hydrogen-bond acceptors (Lipinski definition) is 4. The molecular weight excluding hydrogens is 324 g/mol. The van der Waals surface area contributed by atoms with Gasteiger partial charge in [-0.3, -0.25) is 4.79 Å². The highest BCUT2D eigenvalue weighted by Gasteiger charge is 2.11. The molecule has 2 rings (SSSR count). The summed E-state index contributed by atoms with van der Waals surface area (Å²) in [6.07, 6.45) is 0. The van der Waals surface area contributed by atoms with E-state index in [4.69, 9.17) is 0 Å². The van der Waals surface area contributed by atoms with Gasteiger partial charge in [-0.1, -0.05) is 12.1 Å². The molecule has 3 amide bonds. The fourth-order valence-electron chi connectivity index (χ4n) is 2.19. The largest absolute Gasteiger partial charge is 0.332 e. The van der Waals surface area contributed by atoms with E-state index in [1.54, 1.807) is 11.3 Å². The SMILES string of the molecule is CC(=O)Nc1cccc([C@@H](C)NC(=O)NCc2nc(C)c(C)s2)c1. The van der Waals surface area contributed by atoms with Gasteiger partial charge in [0.15, 0.2) is 0 Å². The van der Waals surface area contributed by atoms with E-state index < -0.39 is 0 Å². The quantitative estimate of drug-likeness (QED) is 0.777. The molecule has 0 aliphatic heterocycles. The zero-order chi connectivity index (χ0) is 17.7. The standard InChI is InChI=1S/C17H22N4O2S/c1-10-12(3)24-16(19-10)9-18-17(23)20-11(2)14-6-5-7-15(8-14)21-13(4)22/h5-8,11H,9H2,1-4H3,(H,21,22)(H2,18,20,23)/t11-/m1/s1. The summed E-state index contributed by atoms with van der Waals surface area (Å²) < 4.78 is 0. The Morgan fingerprint density at radius 1 is 1.29 bits per heavy atom. The summed E-state index contributed by atoms with van der Waals surface area (Å²) in [6, 6.07) is 6.98. The Balaban J connectivity index is 1.90. The third-order valence-electron chi connectivity index (χ3n) is 3.53. The summed E-state index contributed by atoms with van der Waals surface area (Å²) in [5.74, 6) is -0.125. The van der Waals surface area contributed by atoms with Crippen LogP contribution in [0.25, 0.3) is 0 Å².